The van der Waals surface area contributed by atoms with Crippen LogP contribution in [0.2, 0.25) is 0 Å². The van der Waals surface area contributed by atoms with Crippen LogP contribution in [-0.4, -0.2) is 23.8 Å². The first-order valence-corrected chi connectivity index (χ1v) is 6.08. The van der Waals surface area contributed by atoms with Crippen LogP contribution in [0.4, 0.5) is 0 Å². The fraction of sp³-hybridized carbons (Fsp3) is 0.333. The van der Waals surface area contributed by atoms with E-state index in [1.165, 1.54) is 21.9 Å². The Labute approximate surface area is 101 Å². The Bertz CT molecular complexity index is 558. The maximum atomic E-state index is 10.2. The lowest BCUT2D eigenvalue weighted by molar-refractivity contribution is -0.00875. The van der Waals surface area contributed by atoms with Crippen molar-refractivity contribution in [1.82, 2.24) is 5.32 Å². The number of aliphatic hydroxyl groups is 1. The van der Waals surface area contributed by atoms with Crippen molar-refractivity contribution in [1.29, 1.82) is 0 Å². The molecule has 1 heterocycles. The van der Waals surface area contributed by atoms with Gasteiger partial charge in [0, 0.05) is 19.5 Å². The zero-order chi connectivity index (χ0) is 11.9. The summed E-state index contributed by atoms with van der Waals surface area (Å²) >= 11 is 0. The van der Waals surface area contributed by atoms with E-state index in [2.05, 4.69) is 48.6 Å². The third-order valence-corrected chi connectivity index (χ3v) is 3.66. The third-order valence-electron chi connectivity index (χ3n) is 3.66. The van der Waals surface area contributed by atoms with E-state index in [0.29, 0.717) is 13.1 Å². The van der Waals surface area contributed by atoms with E-state index >= 15 is 0 Å². The Morgan fingerprint density at radius 2 is 1.82 bits per heavy atom. The molecule has 0 radical (unpaired) electrons. The minimum Gasteiger partial charge on any atom is -0.387 e. The van der Waals surface area contributed by atoms with Crippen molar-refractivity contribution in [3.05, 3.63) is 47.5 Å². The van der Waals surface area contributed by atoms with Crippen molar-refractivity contribution in [2.75, 3.05) is 13.1 Å². The Morgan fingerprint density at radius 3 is 2.47 bits per heavy atom. The average molecular weight is 227 g/mol. The first-order chi connectivity index (χ1) is 8.18. The second-order valence-corrected chi connectivity index (χ2v) is 5.09. The standard InChI is InChI=1S/C15H17NO/c1-11-6-7-12(8-15(17)9-16-10-15)14-5-3-2-4-13(11)14/h2-7,16-17H,8-10H2,1H3. The number of hydrogen-bond donors (Lipinski definition) is 2. The predicted octanol–water partition coefficient (Wildman–Crippen LogP) is 2.03. The molecule has 2 N–H and O–H groups in total. The third kappa shape index (κ3) is 1.84. The van der Waals surface area contributed by atoms with Gasteiger partial charge in [0.1, 0.15) is 0 Å². The van der Waals surface area contributed by atoms with E-state index in [9.17, 15) is 5.11 Å². The SMILES string of the molecule is Cc1ccc(CC2(O)CNC2)c2ccccc12. The molecule has 3 rings (SSSR count). The predicted molar refractivity (Wildman–Crippen MR) is 70.2 cm³/mol. The van der Waals surface area contributed by atoms with E-state index in [0.717, 1.165) is 6.42 Å². The molecule has 0 spiro atoms. The van der Waals surface area contributed by atoms with Gasteiger partial charge in [-0.05, 0) is 28.8 Å². The van der Waals surface area contributed by atoms with Crippen LogP contribution >= 0.6 is 0 Å². The van der Waals surface area contributed by atoms with E-state index in [1.807, 2.05) is 0 Å². The van der Waals surface area contributed by atoms with Crippen LogP contribution in [0.5, 0.6) is 0 Å². The molecule has 88 valence electrons. The first-order valence-electron chi connectivity index (χ1n) is 6.08. The average Bonchev–Trinajstić information content (AvgIpc) is 2.31. The fourth-order valence-electron chi connectivity index (χ4n) is 2.56. The monoisotopic (exact) mass is 227 g/mol. The van der Waals surface area contributed by atoms with Crippen molar-refractivity contribution in [2.24, 2.45) is 0 Å². The Morgan fingerprint density at radius 1 is 1.12 bits per heavy atom. The number of nitrogens with one attached hydrogen (secondary N) is 1. The zero-order valence-electron chi connectivity index (χ0n) is 10.0. The van der Waals surface area contributed by atoms with E-state index in [-0.39, 0.29) is 0 Å². The van der Waals surface area contributed by atoms with Gasteiger partial charge in [0.05, 0.1) is 5.60 Å². The molecule has 1 fully saturated rings. The lowest BCUT2D eigenvalue weighted by Gasteiger charge is -2.38. The number of aryl methyl sites for hydroxylation is 1. The number of β-amino-alcohol motifs (C(OH)–C–C–N with tert-alkyl or cyclic N) is 1. The highest BCUT2D eigenvalue weighted by Gasteiger charge is 2.34. The molecule has 2 aromatic rings. The van der Waals surface area contributed by atoms with Gasteiger partial charge in [-0.1, -0.05) is 36.4 Å². The number of rotatable bonds is 2. The maximum absolute atomic E-state index is 10.2. The minimum atomic E-state index is -0.544. The highest BCUT2D eigenvalue weighted by Crippen LogP contribution is 2.26. The highest BCUT2D eigenvalue weighted by atomic mass is 16.3. The fourth-order valence-corrected chi connectivity index (χ4v) is 2.56. The van der Waals surface area contributed by atoms with Crippen LogP contribution in [0.3, 0.4) is 0 Å². The first kappa shape index (κ1) is 10.8. The van der Waals surface area contributed by atoms with Gasteiger partial charge in [0.2, 0.25) is 0 Å². The molecule has 0 unspecified atom stereocenters. The molecule has 2 nitrogen and oxygen atoms in total. The summed E-state index contributed by atoms with van der Waals surface area (Å²) in [5.41, 5.74) is 2.00. The largest absolute Gasteiger partial charge is 0.387 e. The normalized spacial score (nSPS) is 18.0. The molecule has 0 atom stereocenters. The quantitative estimate of drug-likeness (QED) is 0.822. The van der Waals surface area contributed by atoms with E-state index in [1.54, 1.807) is 0 Å². The smallest absolute Gasteiger partial charge is 0.0935 e. The second-order valence-electron chi connectivity index (χ2n) is 5.09. The van der Waals surface area contributed by atoms with E-state index < -0.39 is 5.60 Å². The lowest BCUT2D eigenvalue weighted by Crippen LogP contribution is -2.60. The van der Waals surface area contributed by atoms with Crippen LogP contribution in [0.1, 0.15) is 11.1 Å². The summed E-state index contributed by atoms with van der Waals surface area (Å²) in [5, 5.41) is 15.9. The Kier molecular flexibility index (Phi) is 2.42. The highest BCUT2D eigenvalue weighted by molar-refractivity contribution is 5.88. The van der Waals surface area contributed by atoms with E-state index in [4.69, 9.17) is 0 Å². The molecule has 1 aliphatic rings. The van der Waals surface area contributed by atoms with Crippen molar-refractivity contribution in [3.8, 4) is 0 Å². The molecule has 2 heteroatoms. The van der Waals surface area contributed by atoms with Gasteiger partial charge in [-0.25, -0.2) is 0 Å². The van der Waals surface area contributed by atoms with Crippen molar-refractivity contribution >= 4 is 10.8 Å². The molecule has 0 bridgehead atoms. The zero-order valence-corrected chi connectivity index (χ0v) is 10.0. The summed E-state index contributed by atoms with van der Waals surface area (Å²) in [4.78, 5) is 0. The van der Waals surface area contributed by atoms with Crippen LogP contribution < -0.4 is 5.32 Å². The van der Waals surface area contributed by atoms with Gasteiger partial charge < -0.3 is 10.4 Å². The summed E-state index contributed by atoms with van der Waals surface area (Å²) in [5.74, 6) is 0. The van der Waals surface area contributed by atoms with Gasteiger partial charge >= 0.3 is 0 Å². The van der Waals surface area contributed by atoms with Crippen molar-refractivity contribution in [3.63, 3.8) is 0 Å². The maximum Gasteiger partial charge on any atom is 0.0935 e. The van der Waals surface area contributed by atoms with Crippen LogP contribution in [-0.2, 0) is 6.42 Å². The summed E-state index contributed by atoms with van der Waals surface area (Å²) in [6.45, 7) is 3.54. The number of benzene rings is 2. The van der Waals surface area contributed by atoms with Crippen LogP contribution in [0, 0.1) is 6.92 Å². The molecule has 0 saturated carbocycles. The van der Waals surface area contributed by atoms with Gasteiger partial charge in [0.15, 0.2) is 0 Å². The molecule has 17 heavy (non-hydrogen) atoms. The molecule has 0 aromatic heterocycles. The van der Waals surface area contributed by atoms with Crippen LogP contribution in [0.15, 0.2) is 36.4 Å². The van der Waals surface area contributed by atoms with Gasteiger partial charge in [-0.2, -0.15) is 0 Å². The van der Waals surface area contributed by atoms with Crippen LogP contribution in [0.25, 0.3) is 10.8 Å². The Balaban J connectivity index is 2.07. The molecule has 0 aliphatic carbocycles. The molecule has 1 aliphatic heterocycles. The topological polar surface area (TPSA) is 32.3 Å². The number of fused-ring (bicyclic) bond motifs is 1. The minimum absolute atomic E-state index is 0.544. The molecule has 2 aromatic carbocycles. The summed E-state index contributed by atoms with van der Waals surface area (Å²) in [6.07, 6.45) is 0.737. The Hall–Kier alpha value is -1.38. The molecular formula is C15H17NO. The van der Waals surface area contributed by atoms with Gasteiger partial charge in [0.25, 0.3) is 0 Å². The van der Waals surface area contributed by atoms with Crippen molar-refractivity contribution < 1.29 is 5.11 Å². The number of hydrogen-bond acceptors (Lipinski definition) is 2. The summed E-state index contributed by atoms with van der Waals surface area (Å²) < 4.78 is 0. The summed E-state index contributed by atoms with van der Waals surface area (Å²) in [6, 6.07) is 12.7. The van der Waals surface area contributed by atoms with Crippen molar-refractivity contribution in [2.45, 2.75) is 18.9 Å². The molecular weight excluding hydrogens is 210 g/mol. The van der Waals surface area contributed by atoms with Gasteiger partial charge in [-0.3, -0.25) is 0 Å². The molecule has 0 amide bonds. The van der Waals surface area contributed by atoms with Gasteiger partial charge in [-0.15, -0.1) is 0 Å². The summed E-state index contributed by atoms with van der Waals surface area (Å²) in [7, 11) is 0. The second kappa shape index (κ2) is 3.83. The molecule has 1 saturated heterocycles. The lowest BCUT2D eigenvalue weighted by atomic mass is 9.86.